The number of thioether (sulfide) groups is 1. The number of nitrogens with one attached hydrogen (secondary N) is 1. The second-order valence-corrected chi connectivity index (χ2v) is 5.32. The van der Waals surface area contributed by atoms with Crippen LogP contribution in [0, 0.1) is 10.1 Å². The third kappa shape index (κ3) is 6.07. The normalized spacial score (nSPS) is 11.0. The highest BCUT2D eigenvalue weighted by Crippen LogP contribution is 2.34. The van der Waals surface area contributed by atoms with E-state index in [4.69, 9.17) is 0 Å². The Labute approximate surface area is 138 Å². The van der Waals surface area contributed by atoms with Gasteiger partial charge >= 0.3 is 12.1 Å². The molecule has 0 radical (unpaired) electrons. The molecule has 0 bridgehead atoms. The monoisotopic (exact) mass is 366 g/mol. The largest absolute Gasteiger partial charge is 0.465 e. The highest BCUT2D eigenvalue weighted by atomic mass is 32.2. The van der Waals surface area contributed by atoms with E-state index in [1.165, 1.54) is 0 Å². The fraction of sp³-hybridized carbons (Fsp3) is 0.385. The van der Waals surface area contributed by atoms with E-state index in [0.717, 1.165) is 17.8 Å². The summed E-state index contributed by atoms with van der Waals surface area (Å²) < 4.78 is 42.4. The van der Waals surface area contributed by atoms with Crippen molar-refractivity contribution in [3.63, 3.8) is 0 Å². The summed E-state index contributed by atoms with van der Waals surface area (Å²) in [6, 6.07) is 1.80. The molecule has 1 rings (SSSR count). The third-order valence-corrected chi connectivity index (χ3v) is 3.46. The maximum absolute atomic E-state index is 12.6. The molecule has 0 heterocycles. The fourth-order valence-electron chi connectivity index (χ4n) is 1.58. The molecule has 0 unspecified atom stereocenters. The number of carbonyl (C=O) groups is 2. The first-order valence-electron chi connectivity index (χ1n) is 6.54. The summed E-state index contributed by atoms with van der Waals surface area (Å²) in [6.45, 7) is 1.82. The predicted octanol–water partition coefficient (Wildman–Crippen LogP) is 2.85. The molecule has 7 nitrogen and oxygen atoms in total. The van der Waals surface area contributed by atoms with Gasteiger partial charge in [-0.25, -0.2) is 0 Å². The first-order valence-corrected chi connectivity index (χ1v) is 7.69. The molecule has 1 aromatic carbocycles. The van der Waals surface area contributed by atoms with Crippen molar-refractivity contribution in [2.24, 2.45) is 0 Å². The molecule has 1 amide bonds. The van der Waals surface area contributed by atoms with Gasteiger partial charge in [0.1, 0.15) is 5.69 Å². The van der Waals surface area contributed by atoms with E-state index < -0.39 is 34.2 Å². The highest BCUT2D eigenvalue weighted by molar-refractivity contribution is 8.00. The van der Waals surface area contributed by atoms with Crippen LogP contribution < -0.4 is 5.32 Å². The van der Waals surface area contributed by atoms with Gasteiger partial charge in [0.15, 0.2) is 0 Å². The standard InChI is InChI=1S/C13H13F3N2O5S/c1-2-23-12(20)7-24-6-11(19)17-9-4-3-8(13(14,15)16)5-10(9)18(21)22/h3-5H,2,6-7H2,1H3,(H,17,19). The van der Waals surface area contributed by atoms with E-state index >= 15 is 0 Å². The Morgan fingerprint density at radius 2 is 2.00 bits per heavy atom. The average Bonchev–Trinajstić information content (AvgIpc) is 2.46. The lowest BCUT2D eigenvalue weighted by molar-refractivity contribution is -0.384. The number of anilines is 1. The Balaban J connectivity index is 2.74. The SMILES string of the molecule is CCOC(=O)CSCC(=O)Nc1ccc(C(F)(F)F)cc1[N+](=O)[O-]. The molecule has 0 saturated heterocycles. The summed E-state index contributed by atoms with van der Waals surface area (Å²) in [6.07, 6.45) is -4.73. The van der Waals surface area contributed by atoms with Gasteiger partial charge < -0.3 is 10.1 Å². The minimum Gasteiger partial charge on any atom is -0.465 e. The van der Waals surface area contributed by atoms with Crippen molar-refractivity contribution < 1.29 is 32.4 Å². The predicted molar refractivity (Wildman–Crippen MR) is 80.7 cm³/mol. The molecule has 0 spiro atoms. The van der Waals surface area contributed by atoms with Crippen LogP contribution in [0.3, 0.4) is 0 Å². The molecule has 0 saturated carbocycles. The molecule has 0 atom stereocenters. The van der Waals surface area contributed by atoms with E-state index in [-0.39, 0.29) is 23.8 Å². The van der Waals surface area contributed by atoms with Crippen molar-refractivity contribution in [2.75, 3.05) is 23.4 Å². The number of benzene rings is 1. The van der Waals surface area contributed by atoms with Crippen molar-refractivity contribution in [2.45, 2.75) is 13.1 Å². The molecule has 0 aliphatic heterocycles. The molecule has 1 aromatic rings. The van der Waals surface area contributed by atoms with Gasteiger partial charge in [-0.1, -0.05) is 0 Å². The zero-order valence-corrected chi connectivity index (χ0v) is 13.2. The van der Waals surface area contributed by atoms with E-state index in [1.807, 2.05) is 0 Å². The Bertz CT molecular complexity index is 637. The molecular weight excluding hydrogens is 353 g/mol. The van der Waals surface area contributed by atoms with Crippen molar-refractivity contribution in [1.29, 1.82) is 0 Å². The van der Waals surface area contributed by atoms with Gasteiger partial charge in [-0.2, -0.15) is 13.2 Å². The minimum atomic E-state index is -4.73. The Hall–Kier alpha value is -2.30. The number of esters is 1. The summed E-state index contributed by atoms with van der Waals surface area (Å²) >= 11 is 0.914. The summed E-state index contributed by atoms with van der Waals surface area (Å²) in [5.41, 5.74) is -2.41. The zero-order valence-electron chi connectivity index (χ0n) is 12.4. The number of ether oxygens (including phenoxy) is 1. The zero-order chi connectivity index (χ0) is 18.3. The van der Waals surface area contributed by atoms with E-state index in [0.29, 0.717) is 12.1 Å². The average molecular weight is 366 g/mol. The quantitative estimate of drug-likeness (QED) is 0.453. The smallest absolute Gasteiger partial charge is 0.416 e. The lowest BCUT2D eigenvalue weighted by Gasteiger charge is -2.09. The van der Waals surface area contributed by atoms with Gasteiger partial charge in [0.05, 0.1) is 28.6 Å². The Morgan fingerprint density at radius 1 is 1.33 bits per heavy atom. The summed E-state index contributed by atoms with van der Waals surface area (Å²) in [5, 5.41) is 13.0. The van der Waals surface area contributed by atoms with Gasteiger partial charge in [-0.15, -0.1) is 11.8 Å². The number of hydrogen-bond acceptors (Lipinski definition) is 6. The van der Waals surface area contributed by atoms with Crippen LogP contribution in [0.4, 0.5) is 24.5 Å². The first-order chi connectivity index (χ1) is 11.1. The number of nitro benzene ring substituents is 1. The minimum absolute atomic E-state index is 0.0869. The van der Waals surface area contributed by atoms with Crippen molar-refractivity contribution >= 4 is 35.0 Å². The van der Waals surface area contributed by atoms with Crippen molar-refractivity contribution in [1.82, 2.24) is 0 Å². The Morgan fingerprint density at radius 3 is 2.54 bits per heavy atom. The summed E-state index contributed by atoms with van der Waals surface area (Å²) in [5.74, 6) is -1.50. The maximum Gasteiger partial charge on any atom is 0.416 e. The van der Waals surface area contributed by atoms with Crippen molar-refractivity contribution in [3.8, 4) is 0 Å². The maximum atomic E-state index is 12.6. The number of halogens is 3. The molecule has 24 heavy (non-hydrogen) atoms. The van der Waals surface area contributed by atoms with Gasteiger partial charge in [-0.3, -0.25) is 19.7 Å². The molecule has 0 aromatic heterocycles. The summed E-state index contributed by atoms with van der Waals surface area (Å²) in [7, 11) is 0. The van der Waals surface area contributed by atoms with Crippen LogP contribution >= 0.6 is 11.8 Å². The van der Waals surface area contributed by atoms with Crippen LogP contribution in [0.2, 0.25) is 0 Å². The van der Waals surface area contributed by atoms with Gasteiger partial charge in [0.2, 0.25) is 5.91 Å². The third-order valence-electron chi connectivity index (χ3n) is 2.55. The van der Waals surface area contributed by atoms with Gasteiger partial charge in [-0.05, 0) is 19.1 Å². The molecular formula is C13H13F3N2O5S. The van der Waals surface area contributed by atoms with Gasteiger partial charge in [0.25, 0.3) is 5.69 Å². The van der Waals surface area contributed by atoms with Crippen LogP contribution in [0.1, 0.15) is 12.5 Å². The number of alkyl halides is 3. The van der Waals surface area contributed by atoms with E-state index in [9.17, 15) is 32.9 Å². The molecule has 1 N–H and O–H groups in total. The number of rotatable bonds is 7. The lowest BCUT2D eigenvalue weighted by Crippen LogP contribution is -2.17. The highest BCUT2D eigenvalue weighted by Gasteiger charge is 2.33. The molecule has 132 valence electrons. The number of amides is 1. The molecule has 0 aliphatic rings. The van der Waals surface area contributed by atoms with Crippen LogP contribution in [-0.2, 0) is 20.5 Å². The molecule has 0 fully saturated rings. The van der Waals surface area contributed by atoms with Crippen molar-refractivity contribution in [3.05, 3.63) is 33.9 Å². The van der Waals surface area contributed by atoms with Gasteiger partial charge in [0, 0.05) is 6.07 Å². The van der Waals surface area contributed by atoms with E-state index in [2.05, 4.69) is 10.1 Å². The lowest BCUT2D eigenvalue weighted by atomic mass is 10.1. The summed E-state index contributed by atoms with van der Waals surface area (Å²) in [4.78, 5) is 32.6. The fourth-order valence-corrected chi connectivity index (χ4v) is 2.19. The number of hydrogen-bond donors (Lipinski definition) is 1. The second-order valence-electron chi connectivity index (χ2n) is 4.33. The number of carbonyl (C=O) groups excluding carboxylic acids is 2. The van der Waals surface area contributed by atoms with Crippen LogP contribution in [0.15, 0.2) is 18.2 Å². The Kier molecular flexibility index (Phi) is 7.01. The molecule has 11 heteroatoms. The first kappa shape index (κ1) is 19.7. The second kappa shape index (κ2) is 8.52. The molecule has 0 aliphatic carbocycles. The number of nitrogens with zero attached hydrogens (tertiary/aromatic N) is 1. The van der Waals surface area contributed by atoms with Crippen LogP contribution in [-0.4, -0.2) is 34.9 Å². The number of nitro groups is 1. The van der Waals surface area contributed by atoms with Crippen LogP contribution in [0.25, 0.3) is 0 Å². The topological polar surface area (TPSA) is 98.5 Å². The van der Waals surface area contributed by atoms with E-state index in [1.54, 1.807) is 6.92 Å². The van der Waals surface area contributed by atoms with Crippen LogP contribution in [0.5, 0.6) is 0 Å².